The van der Waals surface area contributed by atoms with Crippen molar-refractivity contribution in [2.45, 2.75) is 19.4 Å². The maximum Gasteiger partial charge on any atom is 0.274 e. The second-order valence-electron chi connectivity index (χ2n) is 4.03. The van der Waals surface area contributed by atoms with Gasteiger partial charge in [-0.1, -0.05) is 23.2 Å². The maximum absolute atomic E-state index is 11.6. The Balaban J connectivity index is 2.00. The Kier molecular flexibility index (Phi) is 3.69. The lowest BCUT2D eigenvalue weighted by Gasteiger charge is -2.06. The number of carbonyl (C=O) groups excluding carboxylic acids is 1. The van der Waals surface area contributed by atoms with Gasteiger partial charge in [-0.2, -0.15) is 0 Å². The van der Waals surface area contributed by atoms with Crippen molar-refractivity contribution in [2.75, 3.05) is 6.54 Å². The predicted octanol–water partition coefficient (Wildman–Crippen LogP) is 1.08. The molecule has 0 bridgehead atoms. The molecular formula is C10H11Cl2N3O2. The first-order valence-electron chi connectivity index (χ1n) is 5.25. The van der Waals surface area contributed by atoms with Crippen molar-refractivity contribution in [3.05, 3.63) is 26.9 Å². The van der Waals surface area contributed by atoms with Gasteiger partial charge < -0.3 is 5.32 Å². The van der Waals surface area contributed by atoms with Crippen molar-refractivity contribution >= 4 is 29.1 Å². The lowest BCUT2D eigenvalue weighted by atomic mass is 10.4. The fourth-order valence-electron chi connectivity index (χ4n) is 1.35. The topological polar surface area (TPSA) is 64.0 Å². The summed E-state index contributed by atoms with van der Waals surface area (Å²) in [4.78, 5) is 26.8. The van der Waals surface area contributed by atoms with Crippen LogP contribution in [0.1, 0.15) is 12.8 Å². The summed E-state index contributed by atoms with van der Waals surface area (Å²) in [5.41, 5.74) is -0.506. The normalized spacial score (nSPS) is 14.7. The molecule has 1 aliphatic rings. The van der Waals surface area contributed by atoms with E-state index in [2.05, 4.69) is 10.3 Å². The molecule has 1 saturated carbocycles. The van der Waals surface area contributed by atoms with Crippen molar-refractivity contribution in [2.24, 2.45) is 5.92 Å². The zero-order valence-electron chi connectivity index (χ0n) is 8.95. The number of rotatable bonds is 4. The first kappa shape index (κ1) is 12.4. The van der Waals surface area contributed by atoms with Crippen LogP contribution in [0, 0.1) is 5.92 Å². The molecule has 2 rings (SSSR count). The first-order valence-corrected chi connectivity index (χ1v) is 6.00. The SMILES string of the molecule is O=C(Cn1cnc(Cl)c(Cl)c1=O)NCC1CC1. The van der Waals surface area contributed by atoms with Crippen LogP contribution in [0.4, 0.5) is 0 Å². The average molecular weight is 276 g/mol. The van der Waals surface area contributed by atoms with Crippen molar-refractivity contribution in [1.82, 2.24) is 14.9 Å². The van der Waals surface area contributed by atoms with Crippen molar-refractivity contribution in [3.8, 4) is 0 Å². The second-order valence-corrected chi connectivity index (χ2v) is 4.77. The number of aromatic nitrogens is 2. The molecule has 1 aliphatic carbocycles. The molecule has 1 heterocycles. The van der Waals surface area contributed by atoms with Gasteiger partial charge in [0.25, 0.3) is 5.56 Å². The standard InChI is InChI=1S/C10H11Cl2N3O2/c11-8-9(12)14-5-15(10(8)17)4-7(16)13-3-6-1-2-6/h5-6H,1-4H2,(H,13,16). The Morgan fingerprint density at radius 1 is 1.53 bits per heavy atom. The van der Waals surface area contributed by atoms with Gasteiger partial charge in [-0.05, 0) is 18.8 Å². The largest absolute Gasteiger partial charge is 0.354 e. The zero-order chi connectivity index (χ0) is 12.4. The highest BCUT2D eigenvalue weighted by Gasteiger charge is 2.21. The molecule has 0 radical (unpaired) electrons. The number of halogens is 2. The van der Waals surface area contributed by atoms with Gasteiger partial charge in [0.05, 0.1) is 6.33 Å². The molecule has 0 unspecified atom stereocenters. The van der Waals surface area contributed by atoms with Gasteiger partial charge in [-0.15, -0.1) is 0 Å². The molecule has 0 spiro atoms. The van der Waals surface area contributed by atoms with E-state index in [1.54, 1.807) is 0 Å². The number of nitrogens with one attached hydrogen (secondary N) is 1. The van der Waals surface area contributed by atoms with Crippen molar-refractivity contribution in [1.29, 1.82) is 0 Å². The molecule has 0 aromatic carbocycles. The molecular weight excluding hydrogens is 265 g/mol. The van der Waals surface area contributed by atoms with E-state index in [0.29, 0.717) is 12.5 Å². The highest BCUT2D eigenvalue weighted by molar-refractivity contribution is 6.40. The van der Waals surface area contributed by atoms with E-state index in [9.17, 15) is 9.59 Å². The van der Waals surface area contributed by atoms with Crippen LogP contribution < -0.4 is 10.9 Å². The van der Waals surface area contributed by atoms with Crippen molar-refractivity contribution in [3.63, 3.8) is 0 Å². The number of hydrogen-bond acceptors (Lipinski definition) is 3. The molecule has 1 N–H and O–H groups in total. The summed E-state index contributed by atoms with van der Waals surface area (Å²) < 4.78 is 1.14. The van der Waals surface area contributed by atoms with Crippen LogP contribution in [0.5, 0.6) is 0 Å². The van der Waals surface area contributed by atoms with E-state index in [-0.39, 0.29) is 22.6 Å². The van der Waals surface area contributed by atoms with E-state index >= 15 is 0 Å². The Bertz CT molecular complexity index is 497. The molecule has 1 fully saturated rings. The Hall–Kier alpha value is -1.07. The van der Waals surface area contributed by atoms with E-state index in [1.165, 1.54) is 6.33 Å². The van der Waals surface area contributed by atoms with Gasteiger partial charge >= 0.3 is 0 Å². The minimum absolute atomic E-state index is 0.0497. The van der Waals surface area contributed by atoms with Gasteiger partial charge in [0, 0.05) is 6.54 Å². The lowest BCUT2D eigenvalue weighted by molar-refractivity contribution is -0.121. The Labute approximate surface area is 108 Å². The Morgan fingerprint density at radius 2 is 2.24 bits per heavy atom. The minimum Gasteiger partial charge on any atom is -0.354 e. The maximum atomic E-state index is 11.6. The smallest absolute Gasteiger partial charge is 0.274 e. The number of hydrogen-bond donors (Lipinski definition) is 1. The number of amides is 1. The summed E-state index contributed by atoms with van der Waals surface area (Å²) >= 11 is 11.2. The molecule has 92 valence electrons. The molecule has 1 aromatic heterocycles. The summed E-state index contributed by atoms with van der Waals surface area (Å²) in [7, 11) is 0. The van der Waals surface area contributed by atoms with E-state index < -0.39 is 5.56 Å². The van der Waals surface area contributed by atoms with Crippen LogP contribution >= 0.6 is 23.2 Å². The second kappa shape index (κ2) is 5.06. The lowest BCUT2D eigenvalue weighted by Crippen LogP contribution is -2.33. The fourth-order valence-corrected chi connectivity index (χ4v) is 1.63. The number of carbonyl (C=O) groups is 1. The fraction of sp³-hybridized carbons (Fsp3) is 0.500. The zero-order valence-corrected chi connectivity index (χ0v) is 10.5. The monoisotopic (exact) mass is 275 g/mol. The van der Waals surface area contributed by atoms with Gasteiger partial charge in [0.2, 0.25) is 5.91 Å². The van der Waals surface area contributed by atoms with Gasteiger partial charge in [0.15, 0.2) is 5.15 Å². The van der Waals surface area contributed by atoms with E-state index in [1.807, 2.05) is 0 Å². The number of nitrogens with zero attached hydrogens (tertiary/aromatic N) is 2. The summed E-state index contributed by atoms with van der Waals surface area (Å²) in [6.45, 7) is 0.581. The molecule has 1 aromatic rings. The van der Waals surface area contributed by atoms with Gasteiger partial charge in [-0.3, -0.25) is 14.2 Å². The van der Waals surface area contributed by atoms with Crippen molar-refractivity contribution < 1.29 is 4.79 Å². The highest BCUT2D eigenvalue weighted by Crippen LogP contribution is 2.27. The van der Waals surface area contributed by atoms with Crippen LogP contribution in [0.3, 0.4) is 0 Å². The van der Waals surface area contributed by atoms with Crippen LogP contribution in [-0.2, 0) is 11.3 Å². The third-order valence-corrected chi connectivity index (χ3v) is 3.26. The van der Waals surface area contributed by atoms with E-state index in [0.717, 1.165) is 17.4 Å². The van der Waals surface area contributed by atoms with Crippen LogP contribution in [0.2, 0.25) is 10.2 Å². The third-order valence-electron chi connectivity index (χ3n) is 2.54. The molecule has 7 heteroatoms. The molecule has 5 nitrogen and oxygen atoms in total. The summed E-state index contributed by atoms with van der Waals surface area (Å²) in [5, 5.41) is 2.54. The predicted molar refractivity (Wildman–Crippen MR) is 64.3 cm³/mol. The van der Waals surface area contributed by atoms with Crippen LogP contribution in [0.15, 0.2) is 11.1 Å². The van der Waals surface area contributed by atoms with Crippen LogP contribution in [0.25, 0.3) is 0 Å². The summed E-state index contributed by atoms with van der Waals surface area (Å²) in [5.74, 6) is 0.377. The first-order chi connectivity index (χ1) is 8.08. The summed E-state index contributed by atoms with van der Waals surface area (Å²) in [6, 6.07) is 0. The summed E-state index contributed by atoms with van der Waals surface area (Å²) in [6.07, 6.45) is 3.54. The quantitative estimate of drug-likeness (QED) is 0.837. The van der Waals surface area contributed by atoms with Gasteiger partial charge in [0.1, 0.15) is 11.6 Å². The third kappa shape index (κ3) is 3.20. The molecule has 0 atom stereocenters. The highest BCUT2D eigenvalue weighted by atomic mass is 35.5. The Morgan fingerprint density at radius 3 is 2.88 bits per heavy atom. The van der Waals surface area contributed by atoms with Gasteiger partial charge in [-0.25, -0.2) is 4.98 Å². The van der Waals surface area contributed by atoms with E-state index in [4.69, 9.17) is 23.2 Å². The minimum atomic E-state index is -0.506. The molecule has 1 amide bonds. The van der Waals surface area contributed by atoms with Crippen LogP contribution in [-0.4, -0.2) is 22.0 Å². The molecule has 0 aliphatic heterocycles. The average Bonchev–Trinajstić information content (AvgIpc) is 3.11. The molecule has 17 heavy (non-hydrogen) atoms. The molecule has 0 saturated heterocycles.